The lowest BCUT2D eigenvalue weighted by molar-refractivity contribution is -0.149. The van der Waals surface area contributed by atoms with E-state index in [4.69, 9.17) is 10.5 Å². The van der Waals surface area contributed by atoms with E-state index in [1.165, 1.54) is 32.8 Å². The van der Waals surface area contributed by atoms with E-state index in [2.05, 4.69) is 18.9 Å². The lowest BCUT2D eigenvalue weighted by atomic mass is 9.85. The maximum atomic E-state index is 12.0. The Hall–Kier alpha value is -0.610. The summed E-state index contributed by atoms with van der Waals surface area (Å²) in [6.07, 6.45) is 7.13. The monoisotopic (exact) mass is 268 g/mol. The summed E-state index contributed by atoms with van der Waals surface area (Å²) in [6.45, 7) is 2.95. The summed E-state index contributed by atoms with van der Waals surface area (Å²) in [6, 6.07) is 0.572. The summed E-state index contributed by atoms with van der Waals surface area (Å²) in [5.74, 6) is 0.910. The van der Waals surface area contributed by atoms with Gasteiger partial charge in [-0.1, -0.05) is 6.92 Å². The van der Waals surface area contributed by atoms with Crippen LogP contribution in [-0.2, 0) is 9.53 Å². The van der Waals surface area contributed by atoms with Gasteiger partial charge in [0.2, 0.25) is 0 Å². The molecule has 1 atom stereocenters. The first-order valence-corrected chi connectivity index (χ1v) is 7.55. The molecule has 2 aliphatic carbocycles. The highest BCUT2D eigenvalue weighted by Gasteiger charge is 2.50. The van der Waals surface area contributed by atoms with Crippen molar-refractivity contribution in [1.82, 2.24) is 4.90 Å². The van der Waals surface area contributed by atoms with Gasteiger partial charge >= 0.3 is 5.97 Å². The molecular formula is C15H28N2O2. The van der Waals surface area contributed by atoms with Crippen molar-refractivity contribution in [2.45, 2.75) is 57.0 Å². The molecule has 2 aliphatic rings. The van der Waals surface area contributed by atoms with Crippen LogP contribution in [0.5, 0.6) is 0 Å². The van der Waals surface area contributed by atoms with E-state index in [0.717, 1.165) is 18.8 Å². The molecule has 0 aromatic carbocycles. The number of nitrogens with two attached hydrogens (primary N) is 1. The number of likely N-dealkylation sites (N-methyl/N-ethyl adjacent to an activating group) is 1. The third-order valence-electron chi connectivity index (χ3n) is 4.99. The highest BCUT2D eigenvalue weighted by atomic mass is 16.5. The first-order chi connectivity index (χ1) is 8.97. The van der Waals surface area contributed by atoms with Gasteiger partial charge in [-0.05, 0) is 57.4 Å². The van der Waals surface area contributed by atoms with Crippen LogP contribution < -0.4 is 5.73 Å². The summed E-state index contributed by atoms with van der Waals surface area (Å²) in [7, 11) is 3.54. The molecule has 4 heteroatoms. The lowest BCUT2D eigenvalue weighted by Gasteiger charge is -2.38. The lowest BCUT2D eigenvalue weighted by Crippen LogP contribution is -2.59. The van der Waals surface area contributed by atoms with Crippen molar-refractivity contribution in [3.8, 4) is 0 Å². The van der Waals surface area contributed by atoms with Gasteiger partial charge in [0.15, 0.2) is 0 Å². The van der Waals surface area contributed by atoms with Crippen molar-refractivity contribution in [3.63, 3.8) is 0 Å². The zero-order valence-electron chi connectivity index (χ0n) is 12.5. The molecule has 2 fully saturated rings. The van der Waals surface area contributed by atoms with E-state index in [-0.39, 0.29) is 5.97 Å². The first kappa shape index (κ1) is 14.8. The molecule has 2 rings (SSSR count). The van der Waals surface area contributed by atoms with E-state index in [1.54, 1.807) is 0 Å². The van der Waals surface area contributed by atoms with Crippen molar-refractivity contribution in [2.75, 3.05) is 20.7 Å². The molecule has 110 valence electrons. The molecule has 0 aromatic rings. The van der Waals surface area contributed by atoms with Crippen LogP contribution in [0, 0.1) is 11.8 Å². The topological polar surface area (TPSA) is 55.6 Å². The Kier molecular flexibility index (Phi) is 4.51. The Balaban J connectivity index is 1.95. The predicted molar refractivity (Wildman–Crippen MR) is 75.7 cm³/mol. The van der Waals surface area contributed by atoms with Gasteiger partial charge in [-0.25, -0.2) is 0 Å². The molecule has 1 unspecified atom stereocenters. The second kappa shape index (κ2) is 5.80. The predicted octanol–water partition coefficient (Wildman–Crippen LogP) is 1.78. The van der Waals surface area contributed by atoms with Crippen LogP contribution in [0.3, 0.4) is 0 Å². The Morgan fingerprint density at radius 2 is 1.84 bits per heavy atom. The second-order valence-electron chi connectivity index (χ2n) is 6.64. The standard InChI is InChI=1S/C15H28N2O2/c1-11-4-8-13(9-5-11)17(2)10-15(16,12-6-7-12)14(18)19-3/h11-13H,4-10,16H2,1-3H3. The van der Waals surface area contributed by atoms with Gasteiger partial charge in [0.05, 0.1) is 7.11 Å². The van der Waals surface area contributed by atoms with Crippen LogP contribution in [0.2, 0.25) is 0 Å². The molecule has 19 heavy (non-hydrogen) atoms. The molecule has 0 radical (unpaired) electrons. The van der Waals surface area contributed by atoms with E-state index in [1.807, 2.05) is 0 Å². The maximum Gasteiger partial charge on any atom is 0.327 e. The van der Waals surface area contributed by atoms with Crippen LogP contribution in [0.4, 0.5) is 0 Å². The number of rotatable bonds is 5. The maximum absolute atomic E-state index is 12.0. The molecule has 2 saturated carbocycles. The second-order valence-corrected chi connectivity index (χ2v) is 6.64. The molecule has 0 aliphatic heterocycles. The summed E-state index contributed by atoms with van der Waals surface area (Å²) >= 11 is 0. The van der Waals surface area contributed by atoms with E-state index >= 15 is 0 Å². The fraction of sp³-hybridized carbons (Fsp3) is 0.933. The first-order valence-electron chi connectivity index (χ1n) is 7.55. The van der Waals surface area contributed by atoms with Crippen LogP contribution in [0.1, 0.15) is 45.4 Å². The normalized spacial score (nSPS) is 31.0. The minimum Gasteiger partial charge on any atom is -0.468 e. The number of hydrogen-bond donors (Lipinski definition) is 1. The van der Waals surface area contributed by atoms with Gasteiger partial charge in [0, 0.05) is 12.6 Å². The smallest absolute Gasteiger partial charge is 0.327 e. The number of carbonyl (C=O) groups is 1. The van der Waals surface area contributed by atoms with Gasteiger partial charge in [-0.3, -0.25) is 4.79 Å². The van der Waals surface area contributed by atoms with Crippen molar-refractivity contribution in [3.05, 3.63) is 0 Å². The van der Waals surface area contributed by atoms with Crippen molar-refractivity contribution in [2.24, 2.45) is 17.6 Å². The quantitative estimate of drug-likeness (QED) is 0.772. The molecule has 0 amide bonds. The highest BCUT2D eigenvalue weighted by molar-refractivity contribution is 5.81. The Labute approximate surface area is 116 Å². The number of hydrogen-bond acceptors (Lipinski definition) is 4. The van der Waals surface area contributed by atoms with Crippen LogP contribution in [-0.4, -0.2) is 43.2 Å². The third-order valence-corrected chi connectivity index (χ3v) is 4.99. The molecule has 4 nitrogen and oxygen atoms in total. The van der Waals surface area contributed by atoms with Crippen molar-refractivity contribution < 1.29 is 9.53 Å². The number of carbonyl (C=O) groups excluding carboxylic acids is 1. The minimum absolute atomic E-state index is 0.244. The van der Waals surface area contributed by atoms with Gasteiger partial charge < -0.3 is 15.4 Å². The van der Waals surface area contributed by atoms with Crippen molar-refractivity contribution >= 4 is 5.97 Å². The number of methoxy groups -OCH3 is 1. The molecular weight excluding hydrogens is 240 g/mol. The zero-order valence-corrected chi connectivity index (χ0v) is 12.5. The largest absolute Gasteiger partial charge is 0.468 e. The fourth-order valence-corrected chi connectivity index (χ4v) is 3.37. The number of esters is 1. The zero-order chi connectivity index (χ0) is 14.0. The average Bonchev–Trinajstić information content (AvgIpc) is 3.22. The molecule has 0 spiro atoms. The van der Waals surface area contributed by atoms with Crippen LogP contribution >= 0.6 is 0 Å². The third kappa shape index (κ3) is 3.29. The summed E-state index contributed by atoms with van der Waals surface area (Å²) in [5.41, 5.74) is 5.58. The van der Waals surface area contributed by atoms with Gasteiger partial charge in [0.1, 0.15) is 5.54 Å². The molecule has 2 N–H and O–H groups in total. The van der Waals surface area contributed by atoms with Gasteiger partial charge in [-0.2, -0.15) is 0 Å². The molecule has 0 bridgehead atoms. The van der Waals surface area contributed by atoms with E-state index in [0.29, 0.717) is 18.5 Å². The van der Waals surface area contributed by atoms with Gasteiger partial charge in [0.25, 0.3) is 0 Å². The van der Waals surface area contributed by atoms with Crippen molar-refractivity contribution in [1.29, 1.82) is 0 Å². The van der Waals surface area contributed by atoms with E-state index < -0.39 is 5.54 Å². The van der Waals surface area contributed by atoms with Crippen LogP contribution in [0.25, 0.3) is 0 Å². The summed E-state index contributed by atoms with van der Waals surface area (Å²) < 4.78 is 4.93. The minimum atomic E-state index is -0.799. The highest BCUT2D eigenvalue weighted by Crippen LogP contribution is 2.40. The van der Waals surface area contributed by atoms with E-state index in [9.17, 15) is 4.79 Å². The van der Waals surface area contributed by atoms with Gasteiger partial charge in [-0.15, -0.1) is 0 Å². The Morgan fingerprint density at radius 3 is 2.32 bits per heavy atom. The number of ether oxygens (including phenoxy) is 1. The molecule has 0 heterocycles. The average molecular weight is 268 g/mol. The summed E-state index contributed by atoms with van der Waals surface area (Å²) in [4.78, 5) is 14.3. The molecule has 0 saturated heterocycles. The molecule has 0 aromatic heterocycles. The van der Waals surface area contributed by atoms with Crippen LogP contribution in [0.15, 0.2) is 0 Å². The Morgan fingerprint density at radius 1 is 1.26 bits per heavy atom. The number of nitrogens with zero attached hydrogens (tertiary/aromatic N) is 1. The fourth-order valence-electron chi connectivity index (χ4n) is 3.37. The SMILES string of the molecule is COC(=O)C(N)(CN(C)C1CCC(C)CC1)C1CC1. The Bertz CT molecular complexity index is 322. The summed E-state index contributed by atoms with van der Waals surface area (Å²) in [5, 5.41) is 0.